The standard InChI is InChI=1S/C22H24N2O4S/c1-17(2)23-29(26,27)21-12-10-19(11-13-21)22(25)24(16-20-9-6-14-28-20)15-18-7-4-3-5-8-18/h3-14,17,23H,15-16H2,1-2H3. The lowest BCUT2D eigenvalue weighted by atomic mass is 10.1. The van der Waals surface area contributed by atoms with Crippen molar-refractivity contribution in [2.24, 2.45) is 0 Å². The van der Waals surface area contributed by atoms with Crippen LogP contribution in [-0.2, 0) is 23.1 Å². The van der Waals surface area contributed by atoms with E-state index < -0.39 is 10.0 Å². The molecule has 0 unspecified atom stereocenters. The molecular formula is C22H24N2O4S. The summed E-state index contributed by atoms with van der Waals surface area (Å²) < 4.78 is 32.5. The van der Waals surface area contributed by atoms with E-state index >= 15 is 0 Å². The van der Waals surface area contributed by atoms with Crippen molar-refractivity contribution in [3.05, 3.63) is 89.9 Å². The summed E-state index contributed by atoms with van der Waals surface area (Å²) in [7, 11) is -3.60. The lowest BCUT2D eigenvalue weighted by Gasteiger charge is -2.22. The normalized spacial score (nSPS) is 11.6. The minimum Gasteiger partial charge on any atom is -0.467 e. The number of nitrogens with one attached hydrogen (secondary N) is 1. The second-order valence-electron chi connectivity index (χ2n) is 7.03. The molecule has 29 heavy (non-hydrogen) atoms. The quantitative estimate of drug-likeness (QED) is 0.610. The van der Waals surface area contributed by atoms with Crippen molar-refractivity contribution in [2.45, 2.75) is 37.9 Å². The van der Waals surface area contributed by atoms with E-state index in [1.807, 2.05) is 36.4 Å². The molecule has 0 saturated heterocycles. The number of nitrogens with zero attached hydrogens (tertiary/aromatic N) is 1. The molecule has 0 atom stereocenters. The van der Waals surface area contributed by atoms with Crippen molar-refractivity contribution in [2.75, 3.05) is 0 Å². The molecule has 1 N–H and O–H groups in total. The fourth-order valence-corrected chi connectivity index (χ4v) is 4.18. The van der Waals surface area contributed by atoms with Gasteiger partial charge in [0.2, 0.25) is 10.0 Å². The van der Waals surface area contributed by atoms with Crippen LogP contribution in [0.2, 0.25) is 0 Å². The maximum atomic E-state index is 13.1. The molecule has 0 saturated carbocycles. The van der Waals surface area contributed by atoms with Gasteiger partial charge in [-0.1, -0.05) is 30.3 Å². The summed E-state index contributed by atoms with van der Waals surface area (Å²) >= 11 is 0. The monoisotopic (exact) mass is 412 g/mol. The number of carbonyl (C=O) groups excluding carboxylic acids is 1. The van der Waals surface area contributed by atoms with Crippen LogP contribution in [-0.4, -0.2) is 25.3 Å². The Labute approximate surface area is 171 Å². The number of benzene rings is 2. The molecule has 152 valence electrons. The molecule has 7 heteroatoms. The van der Waals surface area contributed by atoms with Crippen molar-refractivity contribution in [3.8, 4) is 0 Å². The number of rotatable bonds is 8. The van der Waals surface area contributed by atoms with E-state index in [1.165, 1.54) is 24.3 Å². The van der Waals surface area contributed by atoms with Gasteiger partial charge in [0.25, 0.3) is 5.91 Å². The third kappa shape index (κ3) is 5.56. The molecule has 1 heterocycles. The zero-order valence-electron chi connectivity index (χ0n) is 16.4. The first-order valence-electron chi connectivity index (χ1n) is 9.33. The molecule has 0 spiro atoms. The molecule has 1 amide bonds. The summed E-state index contributed by atoms with van der Waals surface area (Å²) in [5.74, 6) is 0.473. The van der Waals surface area contributed by atoms with E-state index in [0.717, 1.165) is 5.56 Å². The van der Waals surface area contributed by atoms with E-state index in [1.54, 1.807) is 31.1 Å². The predicted molar refractivity (Wildman–Crippen MR) is 111 cm³/mol. The highest BCUT2D eigenvalue weighted by atomic mass is 32.2. The second-order valence-corrected chi connectivity index (χ2v) is 8.74. The van der Waals surface area contributed by atoms with Gasteiger partial charge >= 0.3 is 0 Å². The van der Waals surface area contributed by atoms with E-state index in [9.17, 15) is 13.2 Å². The predicted octanol–water partition coefficient (Wildman–Crippen LogP) is 3.81. The topological polar surface area (TPSA) is 79.6 Å². The van der Waals surface area contributed by atoms with Gasteiger partial charge in [0.15, 0.2) is 0 Å². The minimum absolute atomic E-state index is 0.128. The van der Waals surface area contributed by atoms with Crippen molar-refractivity contribution in [1.29, 1.82) is 0 Å². The maximum absolute atomic E-state index is 13.1. The number of amides is 1. The number of hydrogen-bond donors (Lipinski definition) is 1. The average Bonchev–Trinajstić information content (AvgIpc) is 3.20. The first-order chi connectivity index (χ1) is 13.8. The van der Waals surface area contributed by atoms with Gasteiger partial charge in [-0.05, 0) is 55.8 Å². The first-order valence-corrected chi connectivity index (χ1v) is 10.8. The van der Waals surface area contributed by atoms with Gasteiger partial charge in [-0.25, -0.2) is 13.1 Å². The third-order valence-electron chi connectivity index (χ3n) is 4.23. The molecular weight excluding hydrogens is 388 g/mol. The Hall–Kier alpha value is -2.90. The highest BCUT2D eigenvalue weighted by Crippen LogP contribution is 2.17. The summed E-state index contributed by atoms with van der Waals surface area (Å²) in [6.45, 7) is 4.24. The van der Waals surface area contributed by atoms with Gasteiger partial charge in [-0.3, -0.25) is 4.79 Å². The van der Waals surface area contributed by atoms with E-state index in [4.69, 9.17) is 4.42 Å². The molecule has 0 aliphatic rings. The van der Waals surface area contributed by atoms with Crippen LogP contribution in [0.4, 0.5) is 0 Å². The Kier molecular flexibility index (Phi) is 6.51. The third-order valence-corrected chi connectivity index (χ3v) is 5.91. The maximum Gasteiger partial charge on any atom is 0.254 e. The first kappa shape index (κ1) is 20.8. The van der Waals surface area contributed by atoms with Crippen LogP contribution < -0.4 is 4.72 Å². The van der Waals surface area contributed by atoms with Crippen molar-refractivity contribution in [1.82, 2.24) is 9.62 Å². The molecule has 0 aliphatic heterocycles. The molecule has 3 rings (SSSR count). The van der Waals surface area contributed by atoms with E-state index in [-0.39, 0.29) is 16.8 Å². The zero-order chi connectivity index (χ0) is 20.9. The smallest absolute Gasteiger partial charge is 0.254 e. The largest absolute Gasteiger partial charge is 0.467 e. The summed E-state index contributed by atoms with van der Waals surface area (Å²) in [5.41, 5.74) is 1.41. The van der Waals surface area contributed by atoms with Crippen LogP contribution in [0.15, 0.2) is 82.3 Å². The van der Waals surface area contributed by atoms with Crippen LogP contribution in [0.5, 0.6) is 0 Å². The molecule has 6 nitrogen and oxygen atoms in total. The minimum atomic E-state index is -3.60. The SMILES string of the molecule is CC(C)NS(=O)(=O)c1ccc(C(=O)N(Cc2ccccc2)Cc2ccco2)cc1. The summed E-state index contributed by atoms with van der Waals surface area (Å²) in [5, 5.41) is 0. The van der Waals surface area contributed by atoms with Gasteiger partial charge < -0.3 is 9.32 Å². The zero-order valence-corrected chi connectivity index (χ0v) is 17.2. The Balaban J connectivity index is 1.83. The van der Waals surface area contributed by atoms with Gasteiger partial charge in [0, 0.05) is 18.2 Å². The van der Waals surface area contributed by atoms with Crippen molar-refractivity contribution in [3.63, 3.8) is 0 Å². The Bertz CT molecular complexity index is 1030. The average molecular weight is 413 g/mol. The molecule has 2 aromatic carbocycles. The fourth-order valence-electron chi connectivity index (χ4n) is 2.93. The van der Waals surface area contributed by atoms with Crippen LogP contribution >= 0.6 is 0 Å². The van der Waals surface area contributed by atoms with E-state index in [0.29, 0.717) is 24.4 Å². The fraction of sp³-hybridized carbons (Fsp3) is 0.227. The van der Waals surface area contributed by atoms with Crippen LogP contribution in [0.1, 0.15) is 35.5 Å². The Morgan fingerprint density at radius 1 is 0.966 bits per heavy atom. The molecule has 0 bridgehead atoms. The van der Waals surface area contributed by atoms with Crippen molar-refractivity contribution >= 4 is 15.9 Å². The molecule has 0 aliphatic carbocycles. The molecule has 3 aromatic rings. The summed E-state index contributed by atoms with van der Waals surface area (Å²) in [6.07, 6.45) is 1.57. The van der Waals surface area contributed by atoms with Gasteiger partial charge in [-0.15, -0.1) is 0 Å². The van der Waals surface area contributed by atoms with Crippen molar-refractivity contribution < 1.29 is 17.6 Å². The number of carbonyl (C=O) groups is 1. The van der Waals surface area contributed by atoms with Crippen LogP contribution in [0.3, 0.4) is 0 Å². The summed E-state index contributed by atoms with van der Waals surface area (Å²) in [4.78, 5) is 14.9. The van der Waals surface area contributed by atoms with Gasteiger partial charge in [-0.2, -0.15) is 0 Å². The molecule has 0 fully saturated rings. The van der Waals surface area contributed by atoms with Crippen LogP contribution in [0.25, 0.3) is 0 Å². The lowest BCUT2D eigenvalue weighted by Crippen LogP contribution is -2.31. The number of sulfonamides is 1. The van der Waals surface area contributed by atoms with E-state index in [2.05, 4.69) is 4.72 Å². The molecule has 0 radical (unpaired) electrons. The number of hydrogen-bond acceptors (Lipinski definition) is 4. The van der Waals surface area contributed by atoms with Gasteiger partial charge in [0.1, 0.15) is 5.76 Å². The lowest BCUT2D eigenvalue weighted by molar-refractivity contribution is 0.0717. The van der Waals surface area contributed by atoms with Crippen LogP contribution in [0, 0.1) is 0 Å². The summed E-state index contributed by atoms with van der Waals surface area (Å²) in [6, 6.07) is 19.0. The Morgan fingerprint density at radius 2 is 1.66 bits per heavy atom. The Morgan fingerprint density at radius 3 is 2.24 bits per heavy atom. The second kappa shape index (κ2) is 9.07. The van der Waals surface area contributed by atoms with Gasteiger partial charge in [0.05, 0.1) is 17.7 Å². The highest BCUT2D eigenvalue weighted by Gasteiger charge is 2.20. The highest BCUT2D eigenvalue weighted by molar-refractivity contribution is 7.89. The number of furan rings is 1. The molecule has 1 aromatic heterocycles.